The van der Waals surface area contributed by atoms with Crippen LogP contribution in [0, 0.1) is 0 Å². The van der Waals surface area contributed by atoms with Crippen molar-refractivity contribution in [1.82, 2.24) is 4.90 Å². The van der Waals surface area contributed by atoms with E-state index in [0.29, 0.717) is 5.75 Å². The van der Waals surface area contributed by atoms with Gasteiger partial charge in [-0.3, -0.25) is 14.4 Å². The maximum atomic E-state index is 12.6. The van der Waals surface area contributed by atoms with Crippen LogP contribution in [0.2, 0.25) is 0 Å². The molecule has 1 N–H and O–H groups in total. The number of Topliss-reactive ketones (excluding diaryl/α,β-unsaturated/α-hetero) is 1. The highest BCUT2D eigenvalue weighted by atomic mass is 32.2. The highest BCUT2D eigenvalue weighted by molar-refractivity contribution is 8.00. The van der Waals surface area contributed by atoms with E-state index in [1.807, 2.05) is 0 Å². The Balaban J connectivity index is 3.35. The predicted octanol–water partition coefficient (Wildman–Crippen LogP) is 1.44. The first kappa shape index (κ1) is 16.5. The summed E-state index contributed by atoms with van der Waals surface area (Å²) in [6.45, 7) is 1.66. The predicted molar refractivity (Wildman–Crippen MR) is 65.0 cm³/mol. The first-order chi connectivity index (χ1) is 9.11. The normalized spacial score (nSPS) is 19.8. The second kappa shape index (κ2) is 5.86. The van der Waals surface area contributed by atoms with Crippen LogP contribution in [0.1, 0.15) is 13.3 Å². The van der Waals surface area contributed by atoms with Crippen LogP contribution in [0.25, 0.3) is 0 Å². The lowest BCUT2D eigenvalue weighted by Crippen LogP contribution is -2.34. The minimum absolute atomic E-state index is 0.372. The van der Waals surface area contributed by atoms with E-state index >= 15 is 0 Å². The van der Waals surface area contributed by atoms with Gasteiger partial charge in [-0.2, -0.15) is 13.2 Å². The summed E-state index contributed by atoms with van der Waals surface area (Å²) in [7, 11) is 1.24. The third kappa shape index (κ3) is 3.14. The molecule has 1 amide bonds. The van der Waals surface area contributed by atoms with Crippen LogP contribution in [-0.2, 0) is 14.4 Å². The molecule has 0 bridgehead atoms. The summed E-state index contributed by atoms with van der Waals surface area (Å²) in [4.78, 5) is 35.0. The van der Waals surface area contributed by atoms with Gasteiger partial charge < -0.3 is 10.0 Å². The van der Waals surface area contributed by atoms with Gasteiger partial charge in [0, 0.05) is 18.2 Å². The SMILES string of the molecule is CCSC1C(C(=O)C(F)(F)F)=C(CC(=O)O)C(=O)N1C. The van der Waals surface area contributed by atoms with Gasteiger partial charge in [-0.05, 0) is 5.75 Å². The van der Waals surface area contributed by atoms with Crippen molar-refractivity contribution in [3.8, 4) is 0 Å². The van der Waals surface area contributed by atoms with Gasteiger partial charge in [0.2, 0.25) is 0 Å². The monoisotopic (exact) mass is 311 g/mol. The van der Waals surface area contributed by atoms with Crippen molar-refractivity contribution >= 4 is 29.4 Å². The second-order valence-electron chi connectivity index (χ2n) is 4.01. The zero-order valence-electron chi connectivity index (χ0n) is 10.7. The third-order valence-corrected chi connectivity index (χ3v) is 3.86. The van der Waals surface area contributed by atoms with E-state index in [1.54, 1.807) is 6.92 Å². The van der Waals surface area contributed by atoms with Gasteiger partial charge in [0.25, 0.3) is 11.7 Å². The first-order valence-corrected chi connectivity index (χ1v) is 6.61. The molecule has 1 aliphatic rings. The number of likely N-dealkylation sites (N-methyl/N-ethyl adjacent to an activating group) is 1. The van der Waals surface area contributed by atoms with E-state index in [9.17, 15) is 27.6 Å². The van der Waals surface area contributed by atoms with Gasteiger partial charge in [0.05, 0.1) is 6.42 Å². The average Bonchev–Trinajstić information content (AvgIpc) is 2.53. The minimum Gasteiger partial charge on any atom is -0.481 e. The van der Waals surface area contributed by atoms with Crippen LogP contribution in [-0.4, -0.2) is 52.0 Å². The van der Waals surface area contributed by atoms with Crippen molar-refractivity contribution in [3.05, 3.63) is 11.1 Å². The second-order valence-corrected chi connectivity index (χ2v) is 5.37. The van der Waals surface area contributed by atoms with Gasteiger partial charge in [-0.1, -0.05) is 6.92 Å². The maximum absolute atomic E-state index is 12.6. The number of hydrogen-bond acceptors (Lipinski definition) is 4. The van der Waals surface area contributed by atoms with Crippen molar-refractivity contribution < 1.29 is 32.7 Å². The molecule has 5 nitrogen and oxygen atoms in total. The molecule has 1 atom stereocenters. The average molecular weight is 311 g/mol. The molecule has 0 radical (unpaired) electrons. The Morgan fingerprint density at radius 1 is 1.40 bits per heavy atom. The van der Waals surface area contributed by atoms with Crippen LogP contribution < -0.4 is 0 Å². The van der Waals surface area contributed by atoms with Gasteiger partial charge >= 0.3 is 12.1 Å². The molecule has 0 saturated heterocycles. The minimum atomic E-state index is -5.14. The summed E-state index contributed by atoms with van der Waals surface area (Å²) in [6.07, 6.45) is -6.04. The van der Waals surface area contributed by atoms with Gasteiger partial charge in [-0.15, -0.1) is 11.8 Å². The Hall–Kier alpha value is -1.51. The van der Waals surface area contributed by atoms with Crippen molar-refractivity contribution in [2.45, 2.75) is 24.9 Å². The molecule has 0 aromatic heterocycles. The number of aliphatic carboxylic acids is 1. The van der Waals surface area contributed by atoms with Crippen molar-refractivity contribution in [2.24, 2.45) is 0 Å². The van der Waals surface area contributed by atoms with Crippen LogP contribution in [0.3, 0.4) is 0 Å². The molecule has 20 heavy (non-hydrogen) atoms. The molecule has 0 saturated carbocycles. The maximum Gasteiger partial charge on any atom is 0.454 e. The summed E-state index contributed by atoms with van der Waals surface area (Å²) in [6, 6.07) is 0. The molecule has 0 spiro atoms. The van der Waals surface area contributed by atoms with E-state index in [2.05, 4.69) is 0 Å². The number of nitrogens with zero attached hydrogens (tertiary/aromatic N) is 1. The molecule has 0 aromatic carbocycles. The van der Waals surface area contributed by atoms with E-state index in [0.717, 1.165) is 16.7 Å². The lowest BCUT2D eigenvalue weighted by Gasteiger charge is -2.21. The van der Waals surface area contributed by atoms with E-state index in [1.165, 1.54) is 7.05 Å². The number of hydrogen-bond donors (Lipinski definition) is 1. The lowest BCUT2D eigenvalue weighted by molar-refractivity contribution is -0.166. The quantitative estimate of drug-likeness (QED) is 0.831. The topological polar surface area (TPSA) is 74.7 Å². The Morgan fingerprint density at radius 2 is 1.95 bits per heavy atom. The molecule has 0 aromatic rings. The Labute approximate surface area is 116 Å². The van der Waals surface area contributed by atoms with Crippen LogP contribution in [0.5, 0.6) is 0 Å². The number of alkyl halides is 3. The number of carbonyl (C=O) groups excluding carboxylic acids is 2. The van der Waals surface area contributed by atoms with Crippen molar-refractivity contribution in [3.63, 3.8) is 0 Å². The molecule has 1 unspecified atom stereocenters. The number of carbonyl (C=O) groups is 3. The number of halogens is 3. The number of carboxylic acids is 1. The first-order valence-electron chi connectivity index (χ1n) is 5.56. The molecule has 0 aliphatic carbocycles. The lowest BCUT2D eigenvalue weighted by atomic mass is 10.0. The van der Waals surface area contributed by atoms with Crippen molar-refractivity contribution in [2.75, 3.05) is 12.8 Å². The molecule has 1 heterocycles. The summed E-state index contributed by atoms with van der Waals surface area (Å²) < 4.78 is 37.8. The smallest absolute Gasteiger partial charge is 0.454 e. The van der Waals surface area contributed by atoms with Gasteiger partial charge in [-0.25, -0.2) is 0 Å². The highest BCUT2D eigenvalue weighted by Gasteiger charge is 2.50. The number of amides is 1. The largest absolute Gasteiger partial charge is 0.481 e. The zero-order valence-corrected chi connectivity index (χ0v) is 11.5. The summed E-state index contributed by atoms with van der Waals surface area (Å²) in [5, 5.41) is 7.59. The van der Waals surface area contributed by atoms with E-state index in [-0.39, 0.29) is 0 Å². The molecule has 1 aliphatic heterocycles. The van der Waals surface area contributed by atoms with Crippen LogP contribution >= 0.6 is 11.8 Å². The summed E-state index contributed by atoms with van der Waals surface area (Å²) >= 11 is 0.968. The summed E-state index contributed by atoms with van der Waals surface area (Å²) in [5.41, 5.74) is -1.35. The third-order valence-electron chi connectivity index (χ3n) is 2.66. The number of rotatable bonds is 5. The fourth-order valence-corrected chi connectivity index (χ4v) is 2.91. The highest BCUT2D eigenvalue weighted by Crippen LogP contribution is 2.37. The van der Waals surface area contributed by atoms with Crippen molar-refractivity contribution in [1.29, 1.82) is 0 Å². The van der Waals surface area contributed by atoms with Crippen LogP contribution in [0.4, 0.5) is 13.2 Å². The molecule has 1 rings (SSSR count). The Morgan fingerprint density at radius 3 is 2.35 bits per heavy atom. The van der Waals surface area contributed by atoms with Gasteiger partial charge in [0.15, 0.2) is 0 Å². The number of carboxylic acid groups (broad SMARTS) is 1. The molecular weight excluding hydrogens is 299 g/mol. The molecule has 112 valence electrons. The molecular formula is C11H12F3NO4S. The van der Waals surface area contributed by atoms with E-state index < -0.39 is 46.8 Å². The summed E-state index contributed by atoms with van der Waals surface area (Å²) in [5.74, 6) is -4.10. The van der Waals surface area contributed by atoms with Gasteiger partial charge in [0.1, 0.15) is 5.37 Å². The molecule has 0 fully saturated rings. The van der Waals surface area contributed by atoms with Crippen LogP contribution in [0.15, 0.2) is 11.1 Å². The van der Waals surface area contributed by atoms with E-state index in [4.69, 9.17) is 5.11 Å². The fourth-order valence-electron chi connectivity index (χ4n) is 1.85. The Kier molecular flexibility index (Phi) is 4.85. The number of thioether (sulfide) groups is 1. The fraction of sp³-hybridized carbons (Fsp3) is 0.545. The zero-order chi connectivity index (χ0) is 15.7. The standard InChI is InChI=1S/C11H12F3NO4S/c1-3-20-10-7(8(18)11(12,13)14)5(4-6(16)17)9(19)15(10)2/h10H,3-4H2,1-2H3,(H,16,17). The Bertz CT molecular complexity index is 487. The number of ketones is 1. The molecule has 9 heteroatoms.